The average Bonchev–Trinajstić information content (AvgIpc) is 3.37. The molecule has 1 heterocycles. The first kappa shape index (κ1) is 34.4. The molecule has 0 fully saturated rings. The SMILES string of the molecule is [N-]=[N+]=NCCOCCOCCOCCNC(=O)CCCc1ccn(CCCCCCCCCCCC(=O)O)c1. The minimum Gasteiger partial charge on any atom is -0.481 e. The van der Waals surface area contributed by atoms with Crippen LogP contribution in [0.3, 0.4) is 0 Å². The highest BCUT2D eigenvalue weighted by Crippen LogP contribution is 2.12. The first-order chi connectivity index (χ1) is 19.1. The lowest BCUT2D eigenvalue weighted by atomic mass is 10.1. The van der Waals surface area contributed by atoms with Gasteiger partial charge in [0, 0.05) is 49.8 Å². The van der Waals surface area contributed by atoms with Gasteiger partial charge in [-0.15, -0.1) is 0 Å². The summed E-state index contributed by atoms with van der Waals surface area (Å²) in [6.45, 7) is 4.52. The van der Waals surface area contributed by atoms with Gasteiger partial charge in [-0.25, -0.2) is 0 Å². The van der Waals surface area contributed by atoms with Crippen LogP contribution in [0.15, 0.2) is 23.6 Å². The van der Waals surface area contributed by atoms with Gasteiger partial charge in [-0.1, -0.05) is 50.1 Å². The summed E-state index contributed by atoms with van der Waals surface area (Å²) < 4.78 is 18.3. The number of nitrogens with zero attached hydrogens (tertiary/aromatic N) is 4. The maximum atomic E-state index is 12.0. The Morgan fingerprint density at radius 2 is 1.46 bits per heavy atom. The van der Waals surface area contributed by atoms with E-state index in [-0.39, 0.29) is 5.91 Å². The van der Waals surface area contributed by atoms with Gasteiger partial charge in [0.2, 0.25) is 5.91 Å². The summed E-state index contributed by atoms with van der Waals surface area (Å²) in [4.78, 5) is 25.1. The van der Waals surface area contributed by atoms with Crippen LogP contribution in [0, 0.1) is 0 Å². The molecule has 0 aromatic carbocycles. The summed E-state index contributed by atoms with van der Waals surface area (Å²) >= 11 is 0. The van der Waals surface area contributed by atoms with Crippen LogP contribution < -0.4 is 5.32 Å². The van der Waals surface area contributed by atoms with Gasteiger partial charge < -0.3 is 29.2 Å². The molecule has 0 radical (unpaired) electrons. The third-order valence-corrected chi connectivity index (χ3v) is 6.20. The van der Waals surface area contributed by atoms with E-state index < -0.39 is 5.97 Å². The number of ether oxygens (including phenoxy) is 3. The van der Waals surface area contributed by atoms with E-state index in [1.54, 1.807) is 0 Å². The molecule has 11 nitrogen and oxygen atoms in total. The third kappa shape index (κ3) is 23.0. The Bertz CT molecular complexity index is 797. The molecule has 0 unspecified atom stereocenters. The second-order valence-corrected chi connectivity index (χ2v) is 9.58. The van der Waals surface area contributed by atoms with Crippen molar-refractivity contribution >= 4 is 11.9 Å². The van der Waals surface area contributed by atoms with Gasteiger partial charge >= 0.3 is 5.97 Å². The molecule has 0 aliphatic rings. The highest BCUT2D eigenvalue weighted by molar-refractivity contribution is 5.75. The number of carbonyl (C=O) groups excluding carboxylic acids is 1. The first-order valence-corrected chi connectivity index (χ1v) is 14.5. The molecule has 0 atom stereocenters. The van der Waals surface area contributed by atoms with E-state index in [0.29, 0.717) is 65.6 Å². The number of azide groups is 1. The van der Waals surface area contributed by atoms with Gasteiger partial charge in [0.15, 0.2) is 0 Å². The van der Waals surface area contributed by atoms with Crippen LogP contribution in [0.1, 0.15) is 82.6 Å². The van der Waals surface area contributed by atoms with Gasteiger partial charge in [-0.05, 0) is 42.8 Å². The molecular weight excluding hydrogens is 502 g/mol. The van der Waals surface area contributed by atoms with E-state index in [9.17, 15) is 9.59 Å². The summed E-state index contributed by atoms with van der Waals surface area (Å²) in [5.74, 6) is -0.640. The summed E-state index contributed by atoms with van der Waals surface area (Å²) in [7, 11) is 0. The molecule has 1 aromatic heterocycles. The van der Waals surface area contributed by atoms with Crippen molar-refractivity contribution in [3.63, 3.8) is 0 Å². The predicted molar refractivity (Wildman–Crippen MR) is 151 cm³/mol. The van der Waals surface area contributed by atoms with Crippen molar-refractivity contribution in [2.24, 2.45) is 5.11 Å². The molecule has 1 rings (SSSR count). The van der Waals surface area contributed by atoms with E-state index in [1.807, 2.05) is 0 Å². The Labute approximate surface area is 233 Å². The molecule has 39 heavy (non-hydrogen) atoms. The second-order valence-electron chi connectivity index (χ2n) is 9.58. The number of hydrogen-bond donors (Lipinski definition) is 2. The van der Waals surface area contributed by atoms with Crippen LogP contribution in [0.2, 0.25) is 0 Å². The largest absolute Gasteiger partial charge is 0.481 e. The number of aliphatic carboxylic acids is 1. The summed E-state index contributed by atoms with van der Waals surface area (Å²) in [5, 5.41) is 14.9. The highest BCUT2D eigenvalue weighted by atomic mass is 16.5. The minimum absolute atomic E-state index is 0.0485. The number of nitrogens with one attached hydrogen (secondary N) is 1. The monoisotopic (exact) mass is 551 g/mol. The van der Waals surface area contributed by atoms with Crippen LogP contribution in [-0.2, 0) is 36.8 Å². The zero-order valence-corrected chi connectivity index (χ0v) is 23.6. The van der Waals surface area contributed by atoms with E-state index in [2.05, 4.69) is 38.4 Å². The number of amides is 1. The normalized spacial score (nSPS) is 10.9. The maximum absolute atomic E-state index is 12.0. The van der Waals surface area contributed by atoms with Crippen LogP contribution >= 0.6 is 0 Å². The Morgan fingerprint density at radius 3 is 2.13 bits per heavy atom. The van der Waals surface area contributed by atoms with Crippen molar-refractivity contribution in [3.05, 3.63) is 34.5 Å². The zero-order valence-electron chi connectivity index (χ0n) is 23.6. The predicted octanol–water partition coefficient (Wildman–Crippen LogP) is 5.27. The van der Waals surface area contributed by atoms with E-state index >= 15 is 0 Å². The molecule has 0 spiro atoms. The molecule has 0 saturated carbocycles. The van der Waals surface area contributed by atoms with Crippen molar-refractivity contribution in [1.29, 1.82) is 0 Å². The number of carbonyl (C=O) groups is 2. The standard InChI is InChI=1S/C28H49N5O6/c29-32-31-16-20-38-22-24-39-23-21-37-19-15-30-27(34)12-10-11-26-14-18-33(25-26)17-9-7-5-3-1-2-4-6-8-13-28(35)36/h14,18,25H,1-13,15-17,19-24H2,(H,30,34)(H,35,36). The molecule has 222 valence electrons. The van der Waals surface area contributed by atoms with Gasteiger partial charge in [0.25, 0.3) is 0 Å². The van der Waals surface area contributed by atoms with E-state index in [4.69, 9.17) is 24.8 Å². The van der Waals surface area contributed by atoms with Crippen molar-refractivity contribution in [1.82, 2.24) is 9.88 Å². The maximum Gasteiger partial charge on any atom is 0.303 e. The highest BCUT2D eigenvalue weighted by Gasteiger charge is 2.03. The van der Waals surface area contributed by atoms with E-state index in [1.165, 1.54) is 44.1 Å². The number of aryl methyl sites for hydroxylation is 2. The lowest BCUT2D eigenvalue weighted by molar-refractivity contribution is -0.137. The number of unbranched alkanes of at least 4 members (excludes halogenated alkanes) is 8. The fourth-order valence-electron chi connectivity index (χ4n) is 4.08. The van der Waals surface area contributed by atoms with Crippen molar-refractivity contribution in [2.75, 3.05) is 52.7 Å². The Balaban J connectivity index is 1.88. The summed E-state index contributed by atoms with van der Waals surface area (Å²) in [6, 6.07) is 2.15. The topological polar surface area (TPSA) is 148 Å². The quantitative estimate of drug-likeness (QED) is 0.0627. The van der Waals surface area contributed by atoms with Crippen LogP contribution in [0.5, 0.6) is 0 Å². The lowest BCUT2D eigenvalue weighted by Gasteiger charge is -2.07. The Morgan fingerprint density at radius 1 is 0.846 bits per heavy atom. The zero-order chi connectivity index (χ0) is 28.2. The average molecular weight is 552 g/mol. The molecule has 0 aliphatic heterocycles. The van der Waals surface area contributed by atoms with Crippen LogP contribution in [0.25, 0.3) is 10.4 Å². The van der Waals surface area contributed by atoms with Gasteiger partial charge in [0.1, 0.15) is 0 Å². The lowest BCUT2D eigenvalue weighted by Crippen LogP contribution is -2.27. The number of carboxylic acid groups (broad SMARTS) is 1. The molecule has 0 aliphatic carbocycles. The number of hydrogen-bond acceptors (Lipinski definition) is 6. The van der Waals surface area contributed by atoms with Crippen LogP contribution in [0.4, 0.5) is 0 Å². The van der Waals surface area contributed by atoms with Gasteiger partial charge in [-0.3, -0.25) is 9.59 Å². The Kier molecular flexibility index (Phi) is 22.7. The number of aromatic nitrogens is 1. The summed E-state index contributed by atoms with van der Waals surface area (Å²) in [5.41, 5.74) is 9.41. The molecule has 11 heteroatoms. The molecule has 0 bridgehead atoms. The van der Waals surface area contributed by atoms with Crippen molar-refractivity contribution in [2.45, 2.75) is 90.0 Å². The molecule has 2 N–H and O–H groups in total. The van der Waals surface area contributed by atoms with Crippen LogP contribution in [-0.4, -0.2) is 74.3 Å². The first-order valence-electron chi connectivity index (χ1n) is 14.5. The molecule has 1 amide bonds. The van der Waals surface area contributed by atoms with Gasteiger partial charge in [0.05, 0.1) is 39.6 Å². The molecule has 1 aromatic rings. The molecular formula is C28H49N5O6. The minimum atomic E-state index is -0.689. The smallest absolute Gasteiger partial charge is 0.303 e. The Hall–Kier alpha value is -2.59. The van der Waals surface area contributed by atoms with Gasteiger partial charge in [-0.2, -0.15) is 0 Å². The van der Waals surface area contributed by atoms with Crippen molar-refractivity contribution < 1.29 is 28.9 Å². The second kappa shape index (κ2) is 25.7. The number of rotatable bonds is 28. The fraction of sp³-hybridized carbons (Fsp3) is 0.786. The number of carboxylic acids is 1. The van der Waals surface area contributed by atoms with E-state index in [0.717, 1.165) is 38.6 Å². The summed E-state index contributed by atoms with van der Waals surface area (Å²) in [6.07, 6.45) is 17.2. The fourth-order valence-corrected chi connectivity index (χ4v) is 4.08. The third-order valence-electron chi connectivity index (χ3n) is 6.20. The van der Waals surface area contributed by atoms with Crippen molar-refractivity contribution in [3.8, 4) is 0 Å². The molecule has 0 saturated heterocycles.